The van der Waals surface area contributed by atoms with Crippen LogP contribution in [0.1, 0.15) is 12.5 Å². The molecule has 3 aromatic rings. The summed E-state index contributed by atoms with van der Waals surface area (Å²) in [7, 11) is -8.00. The first-order valence-electron chi connectivity index (χ1n) is 9.26. The number of halogens is 1. The predicted octanol–water partition coefficient (Wildman–Crippen LogP) is 4.21. The average Bonchev–Trinajstić information content (AvgIpc) is 2.69. The van der Waals surface area contributed by atoms with Gasteiger partial charge in [0.15, 0.2) is 0 Å². The van der Waals surface area contributed by atoms with Crippen LogP contribution in [0.3, 0.4) is 0 Å². The highest BCUT2D eigenvalue weighted by Crippen LogP contribution is 2.26. The number of benzene rings is 3. The Balaban J connectivity index is 1.87. The van der Waals surface area contributed by atoms with E-state index < -0.39 is 20.0 Å². The molecule has 3 N–H and O–H groups in total. The highest BCUT2D eigenvalue weighted by atomic mass is 35.5. The molecule has 32 heavy (non-hydrogen) atoms. The van der Waals surface area contributed by atoms with Gasteiger partial charge in [-0.1, -0.05) is 23.7 Å². The van der Waals surface area contributed by atoms with E-state index in [2.05, 4.69) is 14.8 Å². The summed E-state index contributed by atoms with van der Waals surface area (Å²) in [6, 6.07) is 16.0. The molecule has 0 spiro atoms. The van der Waals surface area contributed by atoms with E-state index in [1.54, 1.807) is 25.1 Å². The van der Waals surface area contributed by atoms with Gasteiger partial charge in [-0.2, -0.15) is 0 Å². The Morgan fingerprint density at radius 2 is 1.38 bits per heavy atom. The van der Waals surface area contributed by atoms with E-state index in [1.807, 2.05) is 0 Å². The third-order valence-corrected chi connectivity index (χ3v) is 7.45. The van der Waals surface area contributed by atoms with E-state index in [4.69, 9.17) is 11.6 Å². The van der Waals surface area contributed by atoms with Crippen molar-refractivity contribution in [2.24, 2.45) is 0 Å². The van der Waals surface area contributed by atoms with Crippen LogP contribution in [0.4, 0.5) is 17.1 Å². The SMILES string of the molecule is CC(=O)Nc1ccc(S(=O)(=O)Nc2ccc(C)c(S(=O)(=O)Nc3cccc(Cl)c3)c2)cc1. The molecule has 3 aromatic carbocycles. The highest BCUT2D eigenvalue weighted by molar-refractivity contribution is 7.93. The number of anilines is 3. The van der Waals surface area contributed by atoms with Crippen molar-refractivity contribution in [2.75, 3.05) is 14.8 Å². The molecule has 0 saturated heterocycles. The molecule has 3 rings (SSSR count). The Bertz CT molecular complexity index is 1370. The first-order valence-corrected chi connectivity index (χ1v) is 12.6. The number of hydrogen-bond acceptors (Lipinski definition) is 5. The van der Waals surface area contributed by atoms with Crippen LogP contribution in [0.25, 0.3) is 0 Å². The van der Waals surface area contributed by atoms with Crippen molar-refractivity contribution in [1.82, 2.24) is 0 Å². The molecule has 0 saturated carbocycles. The van der Waals surface area contributed by atoms with Crippen LogP contribution in [0, 0.1) is 6.92 Å². The second kappa shape index (κ2) is 9.19. The van der Waals surface area contributed by atoms with E-state index in [1.165, 1.54) is 55.5 Å². The van der Waals surface area contributed by atoms with E-state index in [-0.39, 0.29) is 27.1 Å². The molecule has 0 aliphatic heterocycles. The van der Waals surface area contributed by atoms with Crippen molar-refractivity contribution < 1.29 is 21.6 Å². The molecule has 0 fully saturated rings. The fourth-order valence-electron chi connectivity index (χ4n) is 2.85. The summed E-state index contributed by atoms with van der Waals surface area (Å²) >= 11 is 5.91. The van der Waals surface area contributed by atoms with E-state index >= 15 is 0 Å². The Morgan fingerprint density at radius 3 is 2.00 bits per heavy atom. The molecule has 168 valence electrons. The van der Waals surface area contributed by atoms with Gasteiger partial charge < -0.3 is 5.32 Å². The van der Waals surface area contributed by atoms with Crippen LogP contribution in [0.2, 0.25) is 5.02 Å². The smallest absolute Gasteiger partial charge is 0.262 e. The lowest BCUT2D eigenvalue weighted by Gasteiger charge is -2.14. The Morgan fingerprint density at radius 1 is 0.781 bits per heavy atom. The minimum atomic E-state index is -4.00. The van der Waals surface area contributed by atoms with E-state index in [0.717, 1.165) is 0 Å². The Labute approximate surface area is 191 Å². The molecule has 0 atom stereocenters. The molecule has 1 amide bonds. The number of carbonyl (C=O) groups is 1. The lowest BCUT2D eigenvalue weighted by molar-refractivity contribution is -0.114. The summed E-state index contributed by atoms with van der Waals surface area (Å²) in [5.74, 6) is -0.279. The maximum Gasteiger partial charge on any atom is 0.262 e. The quantitative estimate of drug-likeness (QED) is 0.455. The summed E-state index contributed by atoms with van der Waals surface area (Å²) in [6.45, 7) is 2.95. The maximum atomic E-state index is 12.9. The van der Waals surface area contributed by atoms with Crippen LogP contribution in [-0.2, 0) is 24.8 Å². The number of nitrogens with one attached hydrogen (secondary N) is 3. The standard InChI is InChI=1S/C21H20ClN3O5S2/c1-14-6-7-19(13-21(14)32(29,30)25-18-5-3-4-16(22)12-18)24-31(27,28)20-10-8-17(9-11-20)23-15(2)26/h3-13,24-25H,1-2H3,(H,23,26). The highest BCUT2D eigenvalue weighted by Gasteiger charge is 2.20. The summed E-state index contributed by atoms with van der Waals surface area (Å²) < 4.78 is 56.0. The third-order valence-electron chi connectivity index (χ3n) is 4.29. The number of sulfonamides is 2. The molecule has 0 aliphatic rings. The van der Waals surface area contributed by atoms with Gasteiger partial charge in [-0.05, 0) is 67.1 Å². The topological polar surface area (TPSA) is 121 Å². The number of hydrogen-bond donors (Lipinski definition) is 3. The van der Waals surface area contributed by atoms with Crippen molar-refractivity contribution in [1.29, 1.82) is 0 Å². The van der Waals surface area contributed by atoms with Crippen LogP contribution in [0.15, 0.2) is 76.5 Å². The molecule has 0 aromatic heterocycles. The van der Waals surface area contributed by atoms with Gasteiger partial charge in [0, 0.05) is 17.6 Å². The fraction of sp³-hybridized carbons (Fsp3) is 0.0952. The summed E-state index contributed by atoms with van der Waals surface area (Å²) in [5, 5.41) is 2.92. The average molecular weight is 494 g/mol. The molecule has 0 unspecified atom stereocenters. The molecule has 11 heteroatoms. The summed E-state index contributed by atoms with van der Waals surface area (Å²) in [4.78, 5) is 11.0. The van der Waals surface area contributed by atoms with Gasteiger partial charge >= 0.3 is 0 Å². The predicted molar refractivity (Wildman–Crippen MR) is 125 cm³/mol. The monoisotopic (exact) mass is 493 g/mol. The Kier molecular flexibility index (Phi) is 6.77. The number of amides is 1. The van der Waals surface area contributed by atoms with Gasteiger partial charge in [-0.25, -0.2) is 16.8 Å². The number of carbonyl (C=O) groups excluding carboxylic acids is 1. The van der Waals surface area contributed by atoms with Crippen molar-refractivity contribution >= 4 is 54.6 Å². The van der Waals surface area contributed by atoms with Crippen molar-refractivity contribution in [2.45, 2.75) is 23.6 Å². The second-order valence-corrected chi connectivity index (χ2v) is 10.7. The zero-order valence-corrected chi connectivity index (χ0v) is 19.5. The van der Waals surface area contributed by atoms with Crippen molar-refractivity contribution in [3.8, 4) is 0 Å². The first kappa shape index (κ1) is 23.6. The maximum absolute atomic E-state index is 12.9. The van der Waals surface area contributed by atoms with Gasteiger partial charge in [0.2, 0.25) is 5.91 Å². The minimum absolute atomic E-state index is 0.0476. The molecule has 0 radical (unpaired) electrons. The van der Waals surface area contributed by atoms with Gasteiger partial charge in [-0.3, -0.25) is 14.2 Å². The van der Waals surface area contributed by atoms with Crippen LogP contribution >= 0.6 is 11.6 Å². The number of rotatable bonds is 7. The van der Waals surface area contributed by atoms with Gasteiger partial charge in [0.1, 0.15) is 0 Å². The normalized spacial score (nSPS) is 11.6. The van der Waals surface area contributed by atoms with Gasteiger partial charge in [0.05, 0.1) is 21.2 Å². The molecule has 0 bridgehead atoms. The lowest BCUT2D eigenvalue weighted by Crippen LogP contribution is -2.16. The molecule has 0 aliphatic carbocycles. The van der Waals surface area contributed by atoms with Crippen molar-refractivity contribution in [3.05, 3.63) is 77.3 Å². The van der Waals surface area contributed by atoms with Crippen molar-refractivity contribution in [3.63, 3.8) is 0 Å². The molecular weight excluding hydrogens is 474 g/mol. The van der Waals surface area contributed by atoms with Crippen LogP contribution in [-0.4, -0.2) is 22.7 Å². The minimum Gasteiger partial charge on any atom is -0.326 e. The lowest BCUT2D eigenvalue weighted by atomic mass is 10.2. The van der Waals surface area contributed by atoms with Gasteiger partial charge in [0.25, 0.3) is 20.0 Å². The zero-order chi connectivity index (χ0) is 23.5. The largest absolute Gasteiger partial charge is 0.326 e. The fourth-order valence-corrected chi connectivity index (χ4v) is 5.41. The third kappa shape index (κ3) is 5.78. The van der Waals surface area contributed by atoms with Crippen LogP contribution < -0.4 is 14.8 Å². The summed E-state index contributed by atoms with van der Waals surface area (Å²) in [5.41, 5.74) is 1.24. The summed E-state index contributed by atoms with van der Waals surface area (Å²) in [6.07, 6.45) is 0. The Hall–Kier alpha value is -3.08. The van der Waals surface area contributed by atoms with E-state index in [9.17, 15) is 21.6 Å². The molecular formula is C21H20ClN3O5S2. The number of aryl methyl sites for hydroxylation is 1. The van der Waals surface area contributed by atoms with E-state index in [0.29, 0.717) is 16.3 Å². The molecule has 8 nitrogen and oxygen atoms in total. The second-order valence-electron chi connectivity index (χ2n) is 6.91. The van der Waals surface area contributed by atoms with Crippen LogP contribution in [0.5, 0.6) is 0 Å². The zero-order valence-electron chi connectivity index (χ0n) is 17.1. The molecule has 0 heterocycles. The first-order chi connectivity index (χ1) is 15.0. The van der Waals surface area contributed by atoms with Gasteiger partial charge in [-0.15, -0.1) is 0 Å².